The van der Waals surface area contributed by atoms with E-state index in [1.807, 2.05) is 0 Å². The van der Waals surface area contributed by atoms with E-state index >= 15 is 0 Å². The molecule has 0 spiro atoms. The number of nitriles is 1. The number of benzene rings is 5. The molecule has 3 radical (unpaired) electrons. The molecule has 0 atom stereocenters. The third kappa shape index (κ3) is 33.4. The number of nitrogens with two attached hydrogens (primary N) is 2. The van der Waals surface area contributed by atoms with Gasteiger partial charge in [0.1, 0.15) is 40.3 Å². The number of non-ortho nitro benzene ring substituents is 4. The number of nitrogens with zero attached hydrogens (tertiary/aromatic N) is 6. The van der Waals surface area contributed by atoms with Crippen LogP contribution in [0.5, 0.6) is 0 Å². The number of carbonyl (C=O) groups is 2. The maximum Gasteiger partial charge on any atom is 1.00 e. The van der Waals surface area contributed by atoms with Crippen LogP contribution in [0.25, 0.3) is 0 Å². The largest absolute Gasteiger partial charge is 1.00 e. The average Bonchev–Trinajstić information content (AvgIpc) is 3.35. The van der Waals surface area contributed by atoms with Crippen LogP contribution in [0.2, 0.25) is 0 Å². The van der Waals surface area contributed by atoms with Gasteiger partial charge in [0.05, 0.1) is 32.2 Å². The number of nitro groups is 4. The van der Waals surface area contributed by atoms with Crippen LogP contribution in [-0.2, 0) is 40.5 Å². The minimum atomic E-state index is -0.625. The van der Waals surface area contributed by atoms with Crippen molar-refractivity contribution in [2.75, 3.05) is 25.4 Å². The summed E-state index contributed by atoms with van der Waals surface area (Å²) in [5.74, 6) is -2.34. The van der Waals surface area contributed by atoms with Gasteiger partial charge in [0.15, 0.2) is 0 Å². The molecule has 0 saturated heterocycles. The van der Waals surface area contributed by atoms with Crippen molar-refractivity contribution in [3.05, 3.63) is 195 Å². The zero-order valence-electron chi connectivity index (χ0n) is 44.4. The van der Waals surface area contributed by atoms with Gasteiger partial charge in [0.25, 0.3) is 22.7 Å². The number of rotatable bonds is 14. The van der Waals surface area contributed by atoms with Crippen LogP contribution in [0.4, 0.5) is 60.0 Å². The Kier molecular flexibility index (Phi) is 39.7. The van der Waals surface area contributed by atoms with Crippen LogP contribution in [0.15, 0.2) is 91.0 Å². The van der Waals surface area contributed by atoms with Crippen molar-refractivity contribution < 1.29 is 90.3 Å². The van der Waals surface area contributed by atoms with E-state index in [4.69, 9.17) is 38.0 Å². The smallest absolute Gasteiger partial charge is 0.512 e. The maximum absolute atomic E-state index is 13.5. The predicted octanol–water partition coefficient (Wildman–Crippen LogP) is 8.30. The summed E-state index contributed by atoms with van der Waals surface area (Å²) in [6.45, 7) is 16.0. The van der Waals surface area contributed by atoms with Crippen molar-refractivity contribution >= 4 is 65.0 Å². The quantitative estimate of drug-likeness (QED) is 0.0154. The molecular weight excluding hydrogens is 1150 g/mol. The zero-order chi connectivity index (χ0) is 59.9. The second-order valence-electron chi connectivity index (χ2n) is 17.3. The molecule has 0 fully saturated rings. The molecule has 5 aromatic carbocycles. The fourth-order valence-corrected chi connectivity index (χ4v) is 6.00. The third-order valence-corrected chi connectivity index (χ3v) is 9.59. The van der Waals surface area contributed by atoms with Gasteiger partial charge in [-0.25, -0.2) is 31.5 Å². The van der Waals surface area contributed by atoms with Gasteiger partial charge in [0, 0.05) is 92.2 Å². The molecule has 0 aliphatic rings. The van der Waals surface area contributed by atoms with E-state index in [2.05, 4.69) is 26.6 Å². The van der Waals surface area contributed by atoms with Crippen LogP contribution in [0, 0.1) is 92.7 Å². The Morgan fingerprint density at radius 1 is 0.580 bits per heavy atom. The summed E-state index contributed by atoms with van der Waals surface area (Å²) in [6.07, 6.45) is -0.445. The average molecular weight is 1210 g/mol. The Balaban J connectivity index is -0.000000455. The molecule has 0 unspecified atom stereocenters. The summed E-state index contributed by atoms with van der Waals surface area (Å²) in [7, 11) is 0. The molecule has 0 aliphatic carbocycles. The minimum absolute atomic E-state index is 0. The van der Waals surface area contributed by atoms with E-state index in [1.54, 1.807) is 53.7 Å². The van der Waals surface area contributed by atoms with Crippen molar-refractivity contribution in [1.82, 2.24) is 10.6 Å². The number of alkyl halides is 1. The van der Waals surface area contributed by atoms with E-state index in [1.165, 1.54) is 24.3 Å². The molecule has 0 aromatic heterocycles. The summed E-state index contributed by atoms with van der Waals surface area (Å²) in [5.41, 5.74) is 10.8. The van der Waals surface area contributed by atoms with Gasteiger partial charge in [0.2, 0.25) is 0 Å². The molecule has 0 saturated carbocycles. The van der Waals surface area contributed by atoms with E-state index in [9.17, 15) is 72.0 Å². The van der Waals surface area contributed by atoms with Gasteiger partial charge in [-0.1, -0.05) is 23.4 Å². The van der Waals surface area contributed by atoms with Crippen LogP contribution in [0.1, 0.15) is 76.8 Å². The number of carbonyl (C=O) groups excluding carboxylic acids is 2. The second kappa shape index (κ2) is 40.4. The number of anilines is 1. The van der Waals surface area contributed by atoms with E-state index in [0.717, 1.165) is 60.7 Å². The van der Waals surface area contributed by atoms with Crippen molar-refractivity contribution in [2.24, 2.45) is 5.73 Å². The zero-order valence-corrected chi connectivity index (χ0v) is 48.0. The Bertz CT molecular complexity index is 2920. The summed E-state index contributed by atoms with van der Waals surface area (Å²) >= 11 is 3.03. The Morgan fingerprint density at radius 3 is 1.17 bits per heavy atom. The van der Waals surface area contributed by atoms with Crippen molar-refractivity contribution in [3.63, 3.8) is 0 Å². The molecule has 5 rings (SSSR count). The van der Waals surface area contributed by atoms with Crippen molar-refractivity contribution in [3.8, 4) is 6.07 Å². The number of ether oxygens (including phenoxy) is 2. The summed E-state index contributed by atoms with van der Waals surface area (Å²) in [5, 5.41) is 61.3. The summed E-state index contributed by atoms with van der Waals surface area (Å²) < 4.78 is 75.5. The topological polar surface area (TPSA) is 349 Å². The van der Waals surface area contributed by atoms with Gasteiger partial charge < -0.3 is 43.4 Å². The first-order chi connectivity index (χ1) is 36.4. The van der Waals surface area contributed by atoms with Gasteiger partial charge in [-0.2, -0.15) is 5.26 Å². The Morgan fingerprint density at radius 2 is 0.864 bits per heavy atom. The Labute approximate surface area is 497 Å². The first-order valence-electron chi connectivity index (χ1n) is 22.5. The van der Waals surface area contributed by atoms with E-state index in [-0.39, 0.29) is 122 Å². The number of hydrogen-bond acceptors (Lipinski definition) is 16. The number of halogens is 6. The minimum Gasteiger partial charge on any atom is -0.512 e. The molecule has 0 heterocycles. The SMILES string of the molecule is C.CC(C)(C)OC(=O)NCCc1cc(N)ccc1F.CC(C)(C)OC(=O)NCCc1cc([N+](=O)[O-])ccc1F.N#CCc1cc([N+](=O)[O-])ccc1F.NCCc1cc([N+](=O)[O-])ccc1F.O=[N+]([O-])c1ccc(F)c(CBr)c1.[B].[C-]#N.[Na+]. The molecule has 22 nitrogen and oxygen atoms in total. The van der Waals surface area contributed by atoms with Crippen LogP contribution >= 0.6 is 15.9 Å². The second-order valence-corrected chi connectivity index (χ2v) is 17.9. The fourth-order valence-electron chi connectivity index (χ4n) is 5.57. The molecule has 6 N–H and O–H groups in total. The van der Waals surface area contributed by atoms with Gasteiger partial charge in [-0.15, -0.1) is 0 Å². The summed E-state index contributed by atoms with van der Waals surface area (Å²) in [6, 6.07) is 19.4. The number of amides is 2. The van der Waals surface area contributed by atoms with Gasteiger partial charge in [-0.05, 0) is 127 Å². The number of nitrogen functional groups attached to an aromatic ring is 1. The normalized spacial score (nSPS) is 9.75. The third-order valence-electron chi connectivity index (χ3n) is 8.98. The molecular formula is C51H59BBrF5N10NaO12. The fraction of sp³-hybridized carbons (Fsp3) is 0.333. The van der Waals surface area contributed by atoms with Crippen molar-refractivity contribution in [1.29, 1.82) is 10.5 Å². The van der Waals surface area contributed by atoms with Crippen LogP contribution < -0.4 is 51.7 Å². The first kappa shape index (κ1) is 79.7. The number of hydrogen-bond donors (Lipinski definition) is 4. The number of alkyl carbamates (subject to hydrolysis) is 2. The van der Waals surface area contributed by atoms with Crippen molar-refractivity contribution in [2.45, 2.75) is 91.2 Å². The maximum atomic E-state index is 13.5. The first-order valence-corrected chi connectivity index (χ1v) is 23.6. The monoisotopic (exact) mass is 1210 g/mol. The number of nitro benzene ring substituents is 4. The molecule has 81 heavy (non-hydrogen) atoms. The number of nitrogens with one attached hydrogen (secondary N) is 2. The molecule has 0 bridgehead atoms. The van der Waals surface area contributed by atoms with Gasteiger partial charge >= 0.3 is 41.7 Å². The molecule has 30 heteroatoms. The standard InChI is InChI=1S/C13H17FN2O4.C13H19FN2O2.C8H9FN2O2.C8H5FN2O2.C7H5BrFNO2.CN.CH4.B.Na/c1-13(2,3)20-12(17)15-7-6-9-8-10(16(18)19)4-5-11(9)14;1-13(2,3)18-12(17)16-7-6-9-8-10(15)4-5-11(9)14;2*9-8-2-1-7(11(12)13)5-6(8)3-4-10;8-4-5-3-6(10(11)12)1-2-7(5)9;1-2;;;/h4-5,8H,6-7H2,1-3H3,(H,15,17);4-5,8H,6-7,15H2,1-3H3,(H,16,17);1-2,5H,3-4,10H2;1-2,5H,3H2;1-3H,4H2;;1H4;;/q;;;;;-1;;;+1. The Hall–Kier alpha value is -7.83. The molecule has 0 aliphatic heterocycles. The molecule has 5 aromatic rings. The van der Waals surface area contributed by atoms with Crippen LogP contribution in [0.3, 0.4) is 0 Å². The molecule has 2 amide bonds. The van der Waals surface area contributed by atoms with Crippen LogP contribution in [-0.4, -0.2) is 71.1 Å². The molecule has 431 valence electrons. The van der Waals surface area contributed by atoms with E-state index in [0.29, 0.717) is 36.2 Å². The summed E-state index contributed by atoms with van der Waals surface area (Å²) in [4.78, 5) is 61.8. The predicted molar refractivity (Wildman–Crippen MR) is 291 cm³/mol. The van der Waals surface area contributed by atoms with Gasteiger partial charge in [-0.3, -0.25) is 40.5 Å². The van der Waals surface area contributed by atoms with E-state index < -0.39 is 66.4 Å².